The van der Waals surface area contributed by atoms with Gasteiger partial charge in [0, 0.05) is 29.9 Å². The van der Waals surface area contributed by atoms with E-state index in [1.165, 1.54) is 11.0 Å². The van der Waals surface area contributed by atoms with E-state index in [-0.39, 0.29) is 41.0 Å². The van der Waals surface area contributed by atoms with Crippen LogP contribution in [0.3, 0.4) is 0 Å². The highest BCUT2D eigenvalue weighted by Crippen LogP contribution is 2.46. The number of nitrogens with zero attached hydrogens (tertiary/aromatic N) is 4. The maximum Gasteiger partial charge on any atom is 0.434 e. The minimum atomic E-state index is -5.37. The van der Waals surface area contributed by atoms with Crippen LogP contribution >= 0.6 is 22.6 Å². The molecule has 3 aromatic rings. The molecule has 2 aliphatic rings. The van der Waals surface area contributed by atoms with Crippen molar-refractivity contribution in [2.45, 2.75) is 50.3 Å². The lowest BCUT2D eigenvalue weighted by Crippen LogP contribution is -2.47. The van der Waals surface area contributed by atoms with Crippen LogP contribution in [-0.4, -0.2) is 59.1 Å². The average molecular weight is 671 g/mol. The molecule has 2 unspecified atom stereocenters. The van der Waals surface area contributed by atoms with Gasteiger partial charge in [-0.15, -0.1) is 0 Å². The molecule has 1 aromatic carbocycles. The molecular weight excluding hydrogens is 647 g/mol. The monoisotopic (exact) mass is 671 g/mol. The van der Waals surface area contributed by atoms with Crippen LogP contribution in [0, 0.1) is 5.92 Å². The number of hydrogen-bond donors (Lipinski definition) is 3. The zero-order chi connectivity index (χ0) is 29.1. The average Bonchev–Trinajstić information content (AvgIpc) is 3.55. The Labute approximate surface area is 232 Å². The topological polar surface area (TPSA) is 117 Å². The second-order valence-corrected chi connectivity index (χ2v) is 9.43. The predicted molar refractivity (Wildman–Crippen MR) is 137 cm³/mol. The Morgan fingerprint density at radius 2 is 1.82 bits per heavy atom. The lowest BCUT2D eigenvalue weighted by atomic mass is 9.86. The quantitative estimate of drug-likeness (QED) is 0.209. The third-order valence-corrected chi connectivity index (χ3v) is 7.08. The Kier molecular flexibility index (Phi) is 7.57. The minimum absolute atomic E-state index is 0.0650. The highest BCUT2D eigenvalue weighted by atomic mass is 127. The molecule has 5 rings (SSSR count). The number of rotatable bonds is 5. The van der Waals surface area contributed by atoms with Crippen molar-refractivity contribution >= 4 is 40.0 Å². The van der Waals surface area contributed by atoms with Crippen molar-refractivity contribution in [3.63, 3.8) is 0 Å². The summed E-state index contributed by atoms with van der Waals surface area (Å²) in [7, 11) is 0. The number of carbonyl (C=O) groups excluding carboxylic acids is 1. The fraction of sp³-hybridized carbons (Fsp3) is 0.458. The lowest BCUT2D eigenvalue weighted by Gasteiger charge is -2.31. The number of alkyl halides is 7. The van der Waals surface area contributed by atoms with Crippen molar-refractivity contribution in [1.29, 1.82) is 0 Å². The number of benzene rings is 1. The number of fused-ring (bicyclic) bond motifs is 2. The van der Waals surface area contributed by atoms with Crippen LogP contribution < -0.4 is 5.73 Å². The maximum absolute atomic E-state index is 14.0. The van der Waals surface area contributed by atoms with Crippen LogP contribution in [0.5, 0.6) is 0 Å². The van der Waals surface area contributed by atoms with E-state index in [2.05, 4.69) is 32.6 Å². The highest BCUT2D eigenvalue weighted by molar-refractivity contribution is 14.1. The van der Waals surface area contributed by atoms with E-state index in [0.717, 1.165) is 29.5 Å². The van der Waals surface area contributed by atoms with E-state index in [4.69, 9.17) is 5.73 Å². The number of nitrogens with two attached hydrogens (primary N) is 1. The largest absolute Gasteiger partial charge is 0.434 e. The number of halogens is 7. The first-order valence-electron chi connectivity index (χ1n) is 11.6. The van der Waals surface area contributed by atoms with Gasteiger partial charge in [-0.2, -0.15) is 26.3 Å². The summed E-state index contributed by atoms with van der Waals surface area (Å²) in [5, 5.41) is 20.3. The fourth-order valence-electron chi connectivity index (χ4n) is 4.80. The van der Waals surface area contributed by atoms with Gasteiger partial charge < -0.3 is 20.8 Å². The first-order chi connectivity index (χ1) is 18.2. The van der Waals surface area contributed by atoms with Crippen molar-refractivity contribution in [2.24, 2.45) is 5.92 Å². The molecule has 1 saturated carbocycles. The summed E-state index contributed by atoms with van der Waals surface area (Å²) in [5.74, 6) is -1.09. The Morgan fingerprint density at radius 1 is 1.18 bits per heavy atom. The van der Waals surface area contributed by atoms with E-state index in [9.17, 15) is 41.4 Å². The van der Waals surface area contributed by atoms with E-state index >= 15 is 0 Å². The number of imidazole rings is 1. The van der Waals surface area contributed by atoms with Crippen molar-refractivity contribution in [3.8, 4) is 11.3 Å². The number of aliphatic hydroxyl groups excluding tert-OH is 1. The van der Waals surface area contributed by atoms with Gasteiger partial charge in [-0.05, 0) is 48.3 Å². The predicted octanol–water partition coefficient (Wildman–Crippen LogP) is 4.55. The smallest absolute Gasteiger partial charge is 0.393 e. The number of hydrogen-bond acceptors (Lipinski definition) is 6. The van der Waals surface area contributed by atoms with Crippen LogP contribution in [0.1, 0.15) is 46.9 Å². The molecule has 0 spiro atoms. The molecule has 39 heavy (non-hydrogen) atoms. The summed E-state index contributed by atoms with van der Waals surface area (Å²) in [4.78, 5) is 23.9. The van der Waals surface area contributed by atoms with Gasteiger partial charge >= 0.3 is 12.4 Å². The van der Waals surface area contributed by atoms with Gasteiger partial charge in [-0.1, -0.05) is 22.6 Å². The highest BCUT2D eigenvalue weighted by Gasteiger charge is 2.57. The van der Waals surface area contributed by atoms with Crippen molar-refractivity contribution in [1.82, 2.24) is 19.3 Å². The van der Waals surface area contributed by atoms with E-state index < -0.39 is 53.1 Å². The third-order valence-electron chi connectivity index (χ3n) is 7.08. The van der Waals surface area contributed by atoms with Gasteiger partial charge in [0.1, 0.15) is 0 Å². The van der Waals surface area contributed by atoms with Crippen LogP contribution in [0.15, 0.2) is 24.5 Å². The minimum Gasteiger partial charge on any atom is -0.393 e. The Morgan fingerprint density at radius 3 is 2.36 bits per heavy atom. The molecule has 15 heteroatoms. The van der Waals surface area contributed by atoms with E-state index in [0.29, 0.717) is 6.20 Å². The number of aromatic nitrogens is 3. The van der Waals surface area contributed by atoms with E-state index in [1.807, 2.05) is 4.93 Å². The van der Waals surface area contributed by atoms with Gasteiger partial charge in [0.15, 0.2) is 17.2 Å². The molecular formula is C24H24F6IN5O3. The SMILES string of the molecule is CC(C1CC1)N1Cc2cc(-c3cnc4c(N)nc(C(F)(F)F)cn34)cc(C(O)(CO)C(F)(F)F)c2C1=O.CI. The molecule has 0 bridgehead atoms. The first kappa shape index (κ1) is 29.3. The van der Waals surface area contributed by atoms with Crippen LogP contribution in [0.2, 0.25) is 0 Å². The van der Waals surface area contributed by atoms with Crippen molar-refractivity contribution in [3.05, 3.63) is 46.9 Å². The van der Waals surface area contributed by atoms with Gasteiger partial charge in [0.05, 0.1) is 24.1 Å². The Balaban J connectivity index is 0.00000172. The lowest BCUT2D eigenvalue weighted by molar-refractivity contribution is -0.277. The second-order valence-electron chi connectivity index (χ2n) is 9.43. The van der Waals surface area contributed by atoms with Gasteiger partial charge in [0.2, 0.25) is 5.60 Å². The Hall–Kier alpha value is -2.66. The molecule has 1 aliphatic heterocycles. The standard InChI is InChI=1S/C23H21F6N5O3.CH3I/c1-10(11-2-3-11)33-7-13-4-12(5-14(17(13)20(33)36)21(37,9-35)23(27,28)29)15-6-31-19-18(30)32-16(8-34(15)19)22(24,25)26;1-2/h4-6,8,10-11,35,37H,2-3,7,9H2,1H3,(H2,30,32);1H3. The van der Waals surface area contributed by atoms with Gasteiger partial charge in [0.25, 0.3) is 5.91 Å². The van der Waals surface area contributed by atoms with Gasteiger partial charge in [-0.25, -0.2) is 9.97 Å². The molecule has 212 valence electrons. The van der Waals surface area contributed by atoms with E-state index in [1.54, 1.807) is 6.92 Å². The number of aliphatic hydroxyl groups is 2. The summed E-state index contributed by atoms with van der Waals surface area (Å²) in [6.45, 7) is -0.0662. The zero-order valence-electron chi connectivity index (χ0n) is 20.6. The molecule has 0 radical (unpaired) electrons. The van der Waals surface area contributed by atoms with Crippen molar-refractivity contribution < 1.29 is 41.4 Å². The van der Waals surface area contributed by atoms with Crippen LogP contribution in [-0.2, 0) is 18.3 Å². The zero-order valence-corrected chi connectivity index (χ0v) is 22.8. The third kappa shape index (κ3) is 4.92. The number of carbonyl (C=O) groups is 1. The first-order valence-corrected chi connectivity index (χ1v) is 13.8. The molecule has 2 aromatic heterocycles. The Bertz CT molecular complexity index is 1420. The number of nitrogen functional groups attached to an aromatic ring is 1. The summed E-state index contributed by atoms with van der Waals surface area (Å²) < 4.78 is 83.2. The maximum atomic E-state index is 14.0. The molecule has 1 aliphatic carbocycles. The molecule has 3 heterocycles. The summed E-state index contributed by atoms with van der Waals surface area (Å²) >= 11 is 2.15. The van der Waals surface area contributed by atoms with Gasteiger partial charge in [-0.3, -0.25) is 9.20 Å². The molecule has 0 saturated heterocycles. The second kappa shape index (κ2) is 10.1. The summed E-state index contributed by atoms with van der Waals surface area (Å²) in [6, 6.07) is 1.94. The van der Waals surface area contributed by atoms with Crippen LogP contribution in [0.25, 0.3) is 16.9 Å². The normalized spacial score (nSPS) is 18.0. The van der Waals surface area contributed by atoms with Crippen molar-refractivity contribution in [2.75, 3.05) is 17.3 Å². The number of amides is 1. The molecule has 1 amide bonds. The summed E-state index contributed by atoms with van der Waals surface area (Å²) in [5.41, 5.74) is -0.967. The molecule has 8 nitrogen and oxygen atoms in total. The molecule has 1 fully saturated rings. The molecule has 4 N–H and O–H groups in total. The van der Waals surface area contributed by atoms with Crippen LogP contribution in [0.4, 0.5) is 32.2 Å². The molecule has 2 atom stereocenters. The fourth-order valence-corrected chi connectivity index (χ4v) is 4.80. The number of anilines is 1. The summed E-state index contributed by atoms with van der Waals surface area (Å²) in [6.07, 6.45) is -6.81.